The van der Waals surface area contributed by atoms with Gasteiger partial charge in [-0.05, 0) is 26.0 Å². The summed E-state index contributed by atoms with van der Waals surface area (Å²) in [6, 6.07) is 4.79. The number of rotatable bonds is 1. The van der Waals surface area contributed by atoms with Crippen molar-refractivity contribution < 1.29 is 18.0 Å². The van der Waals surface area contributed by atoms with Gasteiger partial charge in [-0.2, -0.15) is 13.2 Å². The lowest BCUT2D eigenvalue weighted by atomic mass is 10.1. The van der Waals surface area contributed by atoms with Crippen molar-refractivity contribution in [3.63, 3.8) is 0 Å². The molecule has 0 saturated heterocycles. The number of alkyl halides is 3. The molecule has 7 heteroatoms. The Labute approximate surface area is 102 Å². The van der Waals surface area contributed by atoms with Gasteiger partial charge in [0.1, 0.15) is 0 Å². The van der Waals surface area contributed by atoms with Crippen molar-refractivity contribution in [1.82, 2.24) is 5.01 Å². The van der Waals surface area contributed by atoms with Gasteiger partial charge in [0.25, 0.3) is 0 Å². The second-order valence-electron chi connectivity index (χ2n) is 4.40. The minimum Gasteiger partial charge on any atom is -0.364 e. The standard InChI is InChI=1S/C11H12F3N3O/c1-10(2)17(15)9(16-18-10)7-4-3-5-8(6-7)11(12,13)14/h3-6H,15H2,1-2H3. The van der Waals surface area contributed by atoms with Crippen molar-refractivity contribution in [2.24, 2.45) is 11.0 Å². The van der Waals surface area contributed by atoms with E-state index in [0.717, 1.165) is 12.1 Å². The van der Waals surface area contributed by atoms with Crippen molar-refractivity contribution in [3.05, 3.63) is 35.4 Å². The van der Waals surface area contributed by atoms with E-state index >= 15 is 0 Å². The summed E-state index contributed by atoms with van der Waals surface area (Å²) in [5.74, 6) is 5.92. The number of oxime groups is 1. The van der Waals surface area contributed by atoms with Crippen LogP contribution in [-0.4, -0.2) is 16.6 Å². The average Bonchev–Trinajstić information content (AvgIpc) is 2.53. The highest BCUT2D eigenvalue weighted by molar-refractivity contribution is 5.99. The molecule has 1 aliphatic rings. The number of hydrogen-bond acceptors (Lipinski definition) is 4. The minimum atomic E-state index is -4.40. The monoisotopic (exact) mass is 259 g/mol. The Balaban J connectivity index is 2.37. The molecule has 18 heavy (non-hydrogen) atoms. The van der Waals surface area contributed by atoms with Gasteiger partial charge in [-0.3, -0.25) is 0 Å². The maximum atomic E-state index is 12.6. The lowest BCUT2D eigenvalue weighted by Gasteiger charge is -2.26. The van der Waals surface area contributed by atoms with Crippen molar-refractivity contribution in [2.75, 3.05) is 0 Å². The molecule has 0 fully saturated rings. The molecular formula is C11H12F3N3O. The number of hydrogen-bond donors (Lipinski definition) is 1. The van der Waals surface area contributed by atoms with E-state index < -0.39 is 17.5 Å². The highest BCUT2D eigenvalue weighted by atomic mass is 19.4. The minimum absolute atomic E-state index is 0.172. The number of amidine groups is 1. The Morgan fingerprint density at radius 2 is 2.00 bits per heavy atom. The second-order valence-corrected chi connectivity index (χ2v) is 4.40. The highest BCUT2D eigenvalue weighted by Crippen LogP contribution is 2.31. The molecule has 0 bridgehead atoms. The second kappa shape index (κ2) is 3.88. The predicted octanol–water partition coefficient (Wildman–Crippen LogP) is 2.31. The third-order valence-electron chi connectivity index (χ3n) is 2.61. The third-order valence-corrected chi connectivity index (χ3v) is 2.61. The first kappa shape index (κ1) is 12.7. The zero-order chi connectivity index (χ0) is 13.6. The predicted molar refractivity (Wildman–Crippen MR) is 59.2 cm³/mol. The molecule has 0 radical (unpaired) electrons. The van der Waals surface area contributed by atoms with Crippen LogP contribution in [0, 0.1) is 0 Å². The van der Waals surface area contributed by atoms with Gasteiger partial charge in [0.15, 0.2) is 5.84 Å². The van der Waals surface area contributed by atoms with E-state index in [-0.39, 0.29) is 11.4 Å². The highest BCUT2D eigenvalue weighted by Gasteiger charge is 2.37. The maximum absolute atomic E-state index is 12.6. The van der Waals surface area contributed by atoms with Gasteiger partial charge in [0, 0.05) is 5.56 Å². The van der Waals surface area contributed by atoms with Gasteiger partial charge in [0.05, 0.1) is 5.56 Å². The molecule has 0 aromatic heterocycles. The smallest absolute Gasteiger partial charge is 0.364 e. The summed E-state index contributed by atoms with van der Waals surface area (Å²) in [5.41, 5.74) is -1.36. The van der Waals surface area contributed by atoms with Crippen molar-refractivity contribution in [2.45, 2.75) is 25.7 Å². The van der Waals surface area contributed by atoms with Gasteiger partial charge in [0.2, 0.25) is 5.72 Å². The molecule has 0 aliphatic carbocycles. The summed E-state index contributed by atoms with van der Waals surface area (Å²) in [7, 11) is 0. The molecule has 4 nitrogen and oxygen atoms in total. The largest absolute Gasteiger partial charge is 0.416 e. The summed E-state index contributed by atoms with van der Waals surface area (Å²) >= 11 is 0. The number of nitrogens with zero attached hydrogens (tertiary/aromatic N) is 2. The van der Waals surface area contributed by atoms with E-state index in [4.69, 9.17) is 10.7 Å². The molecule has 0 amide bonds. The zero-order valence-electron chi connectivity index (χ0n) is 9.82. The fourth-order valence-electron chi connectivity index (χ4n) is 1.52. The van der Waals surface area contributed by atoms with Crippen LogP contribution in [0.15, 0.2) is 29.4 Å². The zero-order valence-corrected chi connectivity index (χ0v) is 9.82. The van der Waals surface area contributed by atoms with Crippen LogP contribution in [0.3, 0.4) is 0 Å². The SMILES string of the molecule is CC1(C)ON=C(c2cccc(C(F)(F)F)c2)N1N. The van der Waals surface area contributed by atoms with Gasteiger partial charge < -0.3 is 4.84 Å². The molecule has 0 atom stereocenters. The Morgan fingerprint density at radius 3 is 2.50 bits per heavy atom. The van der Waals surface area contributed by atoms with E-state index in [1.165, 1.54) is 17.1 Å². The normalized spacial score (nSPS) is 18.6. The first-order chi connectivity index (χ1) is 8.22. The van der Waals surface area contributed by atoms with E-state index in [9.17, 15) is 13.2 Å². The number of halogens is 3. The van der Waals surface area contributed by atoms with E-state index in [2.05, 4.69) is 5.16 Å². The van der Waals surface area contributed by atoms with Gasteiger partial charge in [-0.1, -0.05) is 17.3 Å². The first-order valence-corrected chi connectivity index (χ1v) is 5.20. The van der Waals surface area contributed by atoms with Gasteiger partial charge in [-0.15, -0.1) is 0 Å². The lowest BCUT2D eigenvalue weighted by molar-refractivity contribution is -0.137. The molecule has 1 heterocycles. The van der Waals surface area contributed by atoms with Crippen LogP contribution in [0.25, 0.3) is 0 Å². The van der Waals surface area contributed by atoms with E-state index in [0.29, 0.717) is 0 Å². The number of hydrazine groups is 1. The van der Waals surface area contributed by atoms with Crippen LogP contribution < -0.4 is 5.84 Å². The van der Waals surface area contributed by atoms with Crippen LogP contribution in [0.4, 0.5) is 13.2 Å². The first-order valence-electron chi connectivity index (χ1n) is 5.20. The summed E-state index contributed by atoms with van der Waals surface area (Å²) in [5, 5.41) is 4.91. The quantitative estimate of drug-likeness (QED) is 0.787. The fourth-order valence-corrected chi connectivity index (χ4v) is 1.52. The van der Waals surface area contributed by atoms with Crippen LogP contribution in [-0.2, 0) is 11.0 Å². The van der Waals surface area contributed by atoms with E-state index in [1.807, 2.05) is 0 Å². The molecule has 0 saturated carbocycles. The molecule has 1 aromatic carbocycles. The molecule has 0 spiro atoms. The molecule has 1 aliphatic heterocycles. The van der Waals surface area contributed by atoms with Crippen LogP contribution in [0.2, 0.25) is 0 Å². The third kappa shape index (κ3) is 2.13. The van der Waals surface area contributed by atoms with Gasteiger partial charge in [-0.25, -0.2) is 10.9 Å². The van der Waals surface area contributed by atoms with Crippen molar-refractivity contribution in [1.29, 1.82) is 0 Å². The van der Waals surface area contributed by atoms with Gasteiger partial charge >= 0.3 is 6.18 Å². The van der Waals surface area contributed by atoms with Crippen LogP contribution in [0.1, 0.15) is 25.0 Å². The molecule has 0 unspecified atom stereocenters. The lowest BCUT2D eigenvalue weighted by Crippen LogP contribution is -2.49. The average molecular weight is 259 g/mol. The molecule has 2 rings (SSSR count). The number of benzene rings is 1. The Bertz CT molecular complexity index is 497. The van der Waals surface area contributed by atoms with Crippen LogP contribution in [0.5, 0.6) is 0 Å². The fraction of sp³-hybridized carbons (Fsp3) is 0.364. The summed E-state index contributed by atoms with van der Waals surface area (Å²) in [6.45, 7) is 3.33. The maximum Gasteiger partial charge on any atom is 0.416 e. The Kier molecular flexibility index (Phi) is 2.73. The van der Waals surface area contributed by atoms with E-state index in [1.54, 1.807) is 13.8 Å². The summed E-state index contributed by atoms with van der Waals surface area (Å²) < 4.78 is 37.8. The van der Waals surface area contributed by atoms with Crippen molar-refractivity contribution >= 4 is 5.84 Å². The Hall–Kier alpha value is -1.76. The molecule has 2 N–H and O–H groups in total. The molecule has 98 valence electrons. The summed E-state index contributed by atoms with van der Waals surface area (Å²) in [4.78, 5) is 5.05. The molecular weight excluding hydrogens is 247 g/mol. The summed E-state index contributed by atoms with van der Waals surface area (Å²) in [6.07, 6.45) is -4.40. The van der Waals surface area contributed by atoms with Crippen LogP contribution >= 0.6 is 0 Å². The molecule has 1 aromatic rings. The Morgan fingerprint density at radius 1 is 1.33 bits per heavy atom. The topological polar surface area (TPSA) is 50.8 Å². The van der Waals surface area contributed by atoms with Crippen molar-refractivity contribution in [3.8, 4) is 0 Å². The number of nitrogens with two attached hydrogens (primary N) is 1.